The van der Waals surface area contributed by atoms with E-state index in [1.165, 1.54) is 6.42 Å². The van der Waals surface area contributed by atoms with Crippen molar-refractivity contribution in [3.05, 3.63) is 0 Å². The second kappa shape index (κ2) is 4.78. The van der Waals surface area contributed by atoms with Gasteiger partial charge in [-0.25, -0.2) is 0 Å². The van der Waals surface area contributed by atoms with E-state index in [1.807, 2.05) is 6.92 Å². The van der Waals surface area contributed by atoms with Crippen LogP contribution >= 0.6 is 0 Å². The second-order valence-electron chi connectivity index (χ2n) is 4.40. The van der Waals surface area contributed by atoms with Gasteiger partial charge in [0.25, 0.3) is 0 Å². The maximum absolute atomic E-state index is 11.3. The first-order chi connectivity index (χ1) is 6.60. The van der Waals surface area contributed by atoms with Gasteiger partial charge in [0.1, 0.15) is 0 Å². The highest BCUT2D eigenvalue weighted by atomic mass is 16.5. The number of carbonyl (C=O) groups is 1. The number of hydrogen-bond acceptors (Lipinski definition) is 2. The highest BCUT2D eigenvalue weighted by Gasteiger charge is 2.40. The van der Waals surface area contributed by atoms with Gasteiger partial charge in [0.05, 0.1) is 11.5 Å². The number of carboxylic acid groups (broad SMARTS) is 1. The van der Waals surface area contributed by atoms with E-state index < -0.39 is 11.4 Å². The average molecular weight is 200 g/mol. The lowest BCUT2D eigenvalue weighted by Gasteiger charge is -2.34. The van der Waals surface area contributed by atoms with Crippen LogP contribution in [0.4, 0.5) is 0 Å². The molecule has 0 spiro atoms. The molecule has 3 heteroatoms. The first-order valence-electron chi connectivity index (χ1n) is 5.37. The van der Waals surface area contributed by atoms with Crippen molar-refractivity contribution in [2.75, 3.05) is 7.11 Å². The highest BCUT2D eigenvalue weighted by Crippen LogP contribution is 2.40. The Hall–Kier alpha value is -0.570. The fraction of sp³-hybridized carbons (Fsp3) is 0.909. The van der Waals surface area contributed by atoms with Gasteiger partial charge < -0.3 is 9.84 Å². The third-order valence-electron chi connectivity index (χ3n) is 3.34. The van der Waals surface area contributed by atoms with Crippen molar-refractivity contribution < 1.29 is 14.6 Å². The van der Waals surface area contributed by atoms with Crippen molar-refractivity contribution in [3.8, 4) is 0 Å². The summed E-state index contributed by atoms with van der Waals surface area (Å²) < 4.78 is 5.16. The Labute approximate surface area is 85.5 Å². The zero-order chi connectivity index (χ0) is 10.6. The molecule has 82 valence electrons. The van der Waals surface area contributed by atoms with Gasteiger partial charge in [-0.05, 0) is 26.2 Å². The standard InChI is InChI=1S/C11H20O3/c1-9(14-2)8-11(10(12)13)6-4-3-5-7-11/h9H,3-8H2,1-2H3,(H,12,13). The molecule has 0 aromatic rings. The number of ether oxygens (including phenoxy) is 1. The van der Waals surface area contributed by atoms with Crippen LogP contribution < -0.4 is 0 Å². The molecule has 1 N–H and O–H groups in total. The zero-order valence-corrected chi connectivity index (χ0v) is 9.08. The Morgan fingerprint density at radius 2 is 2.00 bits per heavy atom. The fourth-order valence-electron chi connectivity index (χ4n) is 2.37. The minimum atomic E-state index is -0.638. The SMILES string of the molecule is COC(C)CC1(C(=O)O)CCCCC1. The molecule has 0 saturated heterocycles. The molecule has 14 heavy (non-hydrogen) atoms. The van der Waals surface area contributed by atoms with E-state index in [0.717, 1.165) is 25.7 Å². The van der Waals surface area contributed by atoms with Crippen molar-refractivity contribution in [2.45, 2.75) is 51.6 Å². The van der Waals surface area contributed by atoms with Gasteiger partial charge in [0.2, 0.25) is 0 Å². The lowest BCUT2D eigenvalue weighted by Crippen LogP contribution is -2.36. The minimum Gasteiger partial charge on any atom is -0.481 e. The number of methoxy groups -OCH3 is 1. The molecule has 1 aliphatic carbocycles. The molecule has 1 aliphatic rings. The minimum absolute atomic E-state index is 0.0456. The number of rotatable bonds is 4. The summed E-state index contributed by atoms with van der Waals surface area (Å²) in [6.07, 6.45) is 5.59. The van der Waals surface area contributed by atoms with Gasteiger partial charge in [-0.2, -0.15) is 0 Å². The van der Waals surface area contributed by atoms with Crippen LogP contribution in [0.2, 0.25) is 0 Å². The molecule has 0 bridgehead atoms. The van der Waals surface area contributed by atoms with E-state index in [-0.39, 0.29) is 6.10 Å². The van der Waals surface area contributed by atoms with Crippen molar-refractivity contribution in [1.82, 2.24) is 0 Å². The molecule has 1 fully saturated rings. The van der Waals surface area contributed by atoms with Crippen LogP contribution in [0, 0.1) is 5.41 Å². The molecule has 0 radical (unpaired) electrons. The Morgan fingerprint density at radius 3 is 2.43 bits per heavy atom. The van der Waals surface area contributed by atoms with Crippen LogP contribution in [-0.4, -0.2) is 24.3 Å². The molecular weight excluding hydrogens is 180 g/mol. The largest absolute Gasteiger partial charge is 0.481 e. The van der Waals surface area contributed by atoms with Gasteiger partial charge >= 0.3 is 5.97 Å². The quantitative estimate of drug-likeness (QED) is 0.758. The van der Waals surface area contributed by atoms with Gasteiger partial charge in [-0.1, -0.05) is 19.3 Å². The van der Waals surface area contributed by atoms with Crippen LogP contribution in [-0.2, 0) is 9.53 Å². The molecule has 0 aromatic heterocycles. The van der Waals surface area contributed by atoms with E-state index >= 15 is 0 Å². The first-order valence-corrected chi connectivity index (χ1v) is 5.37. The van der Waals surface area contributed by atoms with Crippen molar-refractivity contribution in [1.29, 1.82) is 0 Å². The predicted octanol–water partition coefficient (Wildman–Crippen LogP) is 2.45. The molecule has 0 heterocycles. The van der Waals surface area contributed by atoms with Gasteiger partial charge in [-0.15, -0.1) is 0 Å². The number of hydrogen-bond donors (Lipinski definition) is 1. The lowest BCUT2D eigenvalue weighted by molar-refractivity contribution is -0.153. The van der Waals surface area contributed by atoms with E-state index in [2.05, 4.69) is 0 Å². The van der Waals surface area contributed by atoms with Gasteiger partial charge in [0, 0.05) is 7.11 Å². The molecule has 1 rings (SSSR count). The molecule has 3 nitrogen and oxygen atoms in total. The fourth-order valence-corrected chi connectivity index (χ4v) is 2.37. The van der Waals surface area contributed by atoms with E-state index in [1.54, 1.807) is 7.11 Å². The summed E-state index contributed by atoms with van der Waals surface area (Å²) in [7, 11) is 1.64. The lowest BCUT2D eigenvalue weighted by atomic mass is 9.71. The zero-order valence-electron chi connectivity index (χ0n) is 9.08. The Balaban J connectivity index is 2.65. The van der Waals surface area contributed by atoms with E-state index in [4.69, 9.17) is 4.74 Å². The van der Waals surface area contributed by atoms with Crippen LogP contribution in [0.25, 0.3) is 0 Å². The predicted molar refractivity (Wildman–Crippen MR) is 54.2 cm³/mol. The van der Waals surface area contributed by atoms with Crippen LogP contribution in [0.15, 0.2) is 0 Å². The second-order valence-corrected chi connectivity index (χ2v) is 4.40. The normalized spacial score (nSPS) is 23.0. The van der Waals surface area contributed by atoms with Crippen LogP contribution in [0.1, 0.15) is 45.4 Å². The van der Waals surface area contributed by atoms with Gasteiger partial charge in [0.15, 0.2) is 0 Å². The van der Waals surface area contributed by atoms with Crippen LogP contribution in [0.3, 0.4) is 0 Å². The molecule has 1 saturated carbocycles. The molecular formula is C11H20O3. The topological polar surface area (TPSA) is 46.5 Å². The first kappa shape index (κ1) is 11.5. The summed E-state index contributed by atoms with van der Waals surface area (Å²) in [5.74, 6) is -0.638. The third kappa shape index (κ3) is 2.47. The Morgan fingerprint density at radius 1 is 1.43 bits per heavy atom. The Kier molecular flexibility index (Phi) is 3.93. The maximum Gasteiger partial charge on any atom is 0.309 e. The van der Waals surface area contributed by atoms with Crippen molar-refractivity contribution in [2.24, 2.45) is 5.41 Å². The Bertz CT molecular complexity index is 195. The summed E-state index contributed by atoms with van der Waals surface area (Å²) in [5.41, 5.74) is -0.506. The summed E-state index contributed by atoms with van der Waals surface area (Å²) in [5, 5.41) is 9.28. The van der Waals surface area contributed by atoms with Gasteiger partial charge in [-0.3, -0.25) is 4.79 Å². The number of aliphatic carboxylic acids is 1. The van der Waals surface area contributed by atoms with E-state index in [9.17, 15) is 9.90 Å². The maximum atomic E-state index is 11.3. The monoisotopic (exact) mass is 200 g/mol. The summed E-state index contributed by atoms with van der Waals surface area (Å²) in [6, 6.07) is 0. The summed E-state index contributed by atoms with van der Waals surface area (Å²) >= 11 is 0. The highest BCUT2D eigenvalue weighted by molar-refractivity contribution is 5.74. The average Bonchev–Trinajstić information content (AvgIpc) is 2.19. The molecule has 1 unspecified atom stereocenters. The smallest absolute Gasteiger partial charge is 0.309 e. The summed E-state index contributed by atoms with van der Waals surface area (Å²) in [4.78, 5) is 11.3. The van der Waals surface area contributed by atoms with Crippen LogP contribution in [0.5, 0.6) is 0 Å². The molecule has 0 aliphatic heterocycles. The van der Waals surface area contributed by atoms with E-state index in [0.29, 0.717) is 6.42 Å². The molecule has 0 amide bonds. The van der Waals surface area contributed by atoms with Crippen molar-refractivity contribution >= 4 is 5.97 Å². The third-order valence-corrected chi connectivity index (χ3v) is 3.34. The molecule has 0 aromatic carbocycles. The summed E-state index contributed by atoms with van der Waals surface area (Å²) in [6.45, 7) is 1.94. The molecule has 1 atom stereocenters. The number of carboxylic acids is 1. The van der Waals surface area contributed by atoms with Crippen molar-refractivity contribution in [3.63, 3.8) is 0 Å².